The summed E-state index contributed by atoms with van der Waals surface area (Å²) in [7, 11) is 0. The molecule has 0 bridgehead atoms. The van der Waals surface area contributed by atoms with Gasteiger partial charge in [-0.15, -0.1) is 0 Å². The first-order valence-electron chi connectivity index (χ1n) is 4.13. The van der Waals surface area contributed by atoms with Crippen LogP contribution in [0.1, 0.15) is 11.1 Å². The molecule has 0 aliphatic carbocycles. The third-order valence-corrected chi connectivity index (χ3v) is 1.89. The highest BCUT2D eigenvalue weighted by molar-refractivity contribution is 6.17. The summed E-state index contributed by atoms with van der Waals surface area (Å²) in [4.78, 5) is 0. The van der Waals surface area contributed by atoms with Crippen LogP contribution in [0.2, 0.25) is 0 Å². The topological polar surface area (TPSA) is 9.23 Å². The summed E-state index contributed by atoms with van der Waals surface area (Å²) in [5, 5.41) is 0. The van der Waals surface area contributed by atoms with Gasteiger partial charge in [-0.2, -0.15) is 26.3 Å². The first kappa shape index (κ1) is 14.0. The molecule has 8 heteroatoms. The van der Waals surface area contributed by atoms with Crippen molar-refractivity contribution in [3.05, 3.63) is 29.3 Å². The minimum atomic E-state index is -4.88. The lowest BCUT2D eigenvalue weighted by Crippen LogP contribution is -2.11. The van der Waals surface area contributed by atoms with Crippen LogP contribution in [0.3, 0.4) is 0 Å². The maximum absolute atomic E-state index is 12.3. The van der Waals surface area contributed by atoms with Gasteiger partial charge in [0.05, 0.1) is 11.1 Å². The van der Waals surface area contributed by atoms with Crippen LogP contribution in [-0.4, -0.2) is 6.07 Å². The van der Waals surface area contributed by atoms with Gasteiger partial charge in [0.1, 0.15) is 5.75 Å². The molecule has 0 heterocycles. The van der Waals surface area contributed by atoms with Crippen molar-refractivity contribution in [1.29, 1.82) is 0 Å². The van der Waals surface area contributed by atoms with Crippen molar-refractivity contribution in [2.24, 2.45) is 0 Å². The summed E-state index contributed by atoms with van der Waals surface area (Å²) >= 11 is 5.08. The monoisotopic (exact) mass is 278 g/mol. The Labute approximate surface area is 96.9 Å². The van der Waals surface area contributed by atoms with Crippen LogP contribution in [-0.2, 0) is 12.4 Å². The largest absolute Gasteiger partial charge is 0.478 e. The summed E-state index contributed by atoms with van der Waals surface area (Å²) in [5.41, 5.74) is -2.88. The van der Waals surface area contributed by atoms with Gasteiger partial charge in [0.25, 0.3) is 0 Å². The molecule has 0 saturated carbocycles. The molecule has 0 spiro atoms. The highest BCUT2D eigenvalue weighted by atomic mass is 35.5. The lowest BCUT2D eigenvalue weighted by atomic mass is 10.1. The molecule has 0 N–H and O–H groups in total. The Morgan fingerprint density at radius 1 is 0.882 bits per heavy atom. The Balaban J connectivity index is 3.29. The van der Waals surface area contributed by atoms with E-state index in [4.69, 9.17) is 11.6 Å². The lowest BCUT2D eigenvalue weighted by Gasteiger charge is -2.13. The highest BCUT2D eigenvalue weighted by Gasteiger charge is 2.37. The van der Waals surface area contributed by atoms with Crippen molar-refractivity contribution in [3.8, 4) is 5.75 Å². The SMILES string of the molecule is FC(F)(F)c1cc(OCCl)cc(C(F)(F)F)c1. The second-order valence-electron chi connectivity index (χ2n) is 3.00. The Hall–Kier alpha value is -1.11. The predicted octanol–water partition coefficient (Wildman–Crippen LogP) is 4.30. The Morgan fingerprint density at radius 2 is 1.29 bits per heavy atom. The van der Waals surface area contributed by atoms with E-state index in [1.165, 1.54) is 0 Å². The second kappa shape index (κ2) is 4.64. The van der Waals surface area contributed by atoms with Crippen molar-refractivity contribution in [2.75, 3.05) is 6.07 Å². The van der Waals surface area contributed by atoms with E-state index >= 15 is 0 Å². The van der Waals surface area contributed by atoms with E-state index < -0.39 is 35.3 Å². The number of benzene rings is 1. The number of alkyl halides is 7. The maximum atomic E-state index is 12.3. The normalized spacial score (nSPS) is 12.6. The zero-order chi connectivity index (χ0) is 13.3. The quantitative estimate of drug-likeness (QED) is 0.579. The van der Waals surface area contributed by atoms with E-state index in [0.717, 1.165) is 0 Å². The van der Waals surface area contributed by atoms with Gasteiger partial charge in [0.2, 0.25) is 0 Å². The Bertz CT molecular complexity index is 365. The molecule has 0 fully saturated rings. The zero-order valence-corrected chi connectivity index (χ0v) is 8.75. The molecule has 0 amide bonds. The van der Waals surface area contributed by atoms with E-state index in [2.05, 4.69) is 4.74 Å². The third kappa shape index (κ3) is 3.69. The molecule has 0 unspecified atom stereocenters. The fraction of sp³-hybridized carbons (Fsp3) is 0.333. The summed E-state index contributed by atoms with van der Waals surface area (Å²) in [6, 6.07) is 0.384. The first-order valence-corrected chi connectivity index (χ1v) is 4.66. The summed E-state index contributed by atoms with van der Waals surface area (Å²) in [6.07, 6.45) is -9.77. The van der Waals surface area contributed by atoms with Gasteiger partial charge in [0, 0.05) is 0 Å². The van der Waals surface area contributed by atoms with Gasteiger partial charge in [-0.25, -0.2) is 0 Å². The van der Waals surface area contributed by atoms with Gasteiger partial charge in [-0.1, -0.05) is 11.6 Å². The van der Waals surface area contributed by atoms with Crippen molar-refractivity contribution < 1.29 is 31.1 Å². The number of hydrogen-bond donors (Lipinski definition) is 0. The highest BCUT2D eigenvalue weighted by Crippen LogP contribution is 2.38. The predicted molar refractivity (Wildman–Crippen MR) is 47.8 cm³/mol. The van der Waals surface area contributed by atoms with Crippen molar-refractivity contribution in [3.63, 3.8) is 0 Å². The van der Waals surface area contributed by atoms with Gasteiger partial charge < -0.3 is 4.74 Å². The Kier molecular flexibility index (Phi) is 3.81. The van der Waals surface area contributed by atoms with E-state index in [1.807, 2.05) is 0 Å². The number of hydrogen-bond acceptors (Lipinski definition) is 1. The summed E-state index contributed by atoms with van der Waals surface area (Å²) < 4.78 is 78.4. The molecule has 1 nitrogen and oxygen atoms in total. The van der Waals surface area contributed by atoms with Gasteiger partial charge >= 0.3 is 12.4 Å². The third-order valence-electron chi connectivity index (χ3n) is 1.78. The molecule has 1 rings (SSSR count). The smallest absolute Gasteiger partial charge is 0.416 e. The molecule has 0 aromatic heterocycles. The average molecular weight is 279 g/mol. The first-order chi connectivity index (χ1) is 7.64. The molecule has 0 aliphatic rings. The van der Waals surface area contributed by atoms with Gasteiger partial charge in [-0.3, -0.25) is 0 Å². The number of ether oxygens (including phenoxy) is 1. The van der Waals surface area contributed by atoms with E-state index in [9.17, 15) is 26.3 Å². The van der Waals surface area contributed by atoms with Gasteiger partial charge in [-0.05, 0) is 18.2 Å². The molecule has 0 saturated heterocycles. The van der Waals surface area contributed by atoms with Crippen LogP contribution < -0.4 is 4.74 Å². The van der Waals surface area contributed by atoms with Crippen LogP contribution in [0.4, 0.5) is 26.3 Å². The van der Waals surface area contributed by atoms with E-state index in [0.29, 0.717) is 12.1 Å². The number of halogens is 7. The second-order valence-corrected chi connectivity index (χ2v) is 3.21. The van der Waals surface area contributed by atoms with Crippen molar-refractivity contribution in [2.45, 2.75) is 12.4 Å². The molecular weight excluding hydrogens is 274 g/mol. The fourth-order valence-electron chi connectivity index (χ4n) is 1.07. The molecule has 0 atom stereocenters. The molecule has 0 radical (unpaired) electrons. The molecular formula is C9H5ClF6O. The minimum Gasteiger partial charge on any atom is -0.478 e. The molecule has 96 valence electrons. The summed E-state index contributed by atoms with van der Waals surface area (Å²) in [6.45, 7) is 0. The molecule has 17 heavy (non-hydrogen) atoms. The van der Waals surface area contributed by atoms with Crippen LogP contribution in [0.25, 0.3) is 0 Å². The van der Waals surface area contributed by atoms with E-state index in [1.54, 1.807) is 0 Å². The van der Waals surface area contributed by atoms with E-state index in [-0.39, 0.29) is 6.07 Å². The summed E-state index contributed by atoms with van der Waals surface area (Å²) in [5.74, 6) is -0.581. The standard InChI is InChI=1S/C9H5ClF6O/c10-4-17-7-2-5(8(11,12)13)1-6(3-7)9(14,15)16/h1-3H,4H2. The van der Waals surface area contributed by atoms with Crippen LogP contribution in [0, 0.1) is 0 Å². The minimum absolute atomic E-state index is 0.0150. The maximum Gasteiger partial charge on any atom is 0.416 e. The molecule has 1 aromatic carbocycles. The van der Waals surface area contributed by atoms with Crippen molar-refractivity contribution >= 4 is 11.6 Å². The Morgan fingerprint density at radius 3 is 1.59 bits per heavy atom. The van der Waals surface area contributed by atoms with Crippen LogP contribution >= 0.6 is 11.6 Å². The molecule has 1 aromatic rings. The lowest BCUT2D eigenvalue weighted by molar-refractivity contribution is -0.143. The van der Waals surface area contributed by atoms with Crippen molar-refractivity contribution in [1.82, 2.24) is 0 Å². The number of rotatable bonds is 2. The van der Waals surface area contributed by atoms with Crippen LogP contribution in [0.15, 0.2) is 18.2 Å². The molecule has 0 aliphatic heterocycles. The zero-order valence-electron chi connectivity index (χ0n) is 7.99. The average Bonchev–Trinajstić information content (AvgIpc) is 2.15. The fourth-order valence-corrected chi connectivity index (χ4v) is 1.20. The van der Waals surface area contributed by atoms with Crippen LogP contribution in [0.5, 0.6) is 5.75 Å². The van der Waals surface area contributed by atoms with Gasteiger partial charge in [0.15, 0.2) is 6.07 Å².